The van der Waals surface area contributed by atoms with E-state index in [1.54, 1.807) is 18.3 Å². The average Bonchev–Trinajstić information content (AvgIpc) is 2.84. The van der Waals surface area contributed by atoms with Gasteiger partial charge in [-0.3, -0.25) is 9.80 Å². The van der Waals surface area contributed by atoms with Crippen LogP contribution >= 0.6 is 0 Å². The van der Waals surface area contributed by atoms with Gasteiger partial charge in [0.2, 0.25) is 0 Å². The van der Waals surface area contributed by atoms with Crippen LogP contribution in [0.5, 0.6) is 0 Å². The zero-order valence-electron chi connectivity index (χ0n) is 18.0. The van der Waals surface area contributed by atoms with Crippen molar-refractivity contribution in [3.05, 3.63) is 77.6 Å². The van der Waals surface area contributed by atoms with E-state index in [0.717, 1.165) is 24.2 Å². The van der Waals surface area contributed by atoms with Crippen molar-refractivity contribution >= 4 is 17.4 Å². The normalized spacial score (nSPS) is 14.3. The summed E-state index contributed by atoms with van der Waals surface area (Å²) in [5.74, 6) is 0.171. The Morgan fingerprint density at radius 1 is 1.16 bits per heavy atom. The number of aromatic nitrogens is 2. The summed E-state index contributed by atoms with van der Waals surface area (Å²) in [6.07, 6.45) is 1.61. The first kappa shape index (κ1) is 21.5. The standard InChI is InChI=1S/C24H26N6O2/c1-17(29-30-10-12-32-13-11-30)22-23(25)26-16-21(28-22)19-8-5-9-20(14-19)24(31)27-15-18-6-3-2-4-7-18/h2-9,14,16H,10-13,15H2,1H3,(H2,25,26)(H,27,31). The van der Waals surface area contributed by atoms with Gasteiger partial charge >= 0.3 is 0 Å². The van der Waals surface area contributed by atoms with Gasteiger partial charge in [-0.2, -0.15) is 5.10 Å². The van der Waals surface area contributed by atoms with Crippen LogP contribution in [0.2, 0.25) is 0 Å². The molecule has 1 fully saturated rings. The van der Waals surface area contributed by atoms with E-state index in [1.807, 2.05) is 54.4 Å². The van der Waals surface area contributed by atoms with Crippen LogP contribution in [0, 0.1) is 0 Å². The molecule has 1 aromatic heterocycles. The van der Waals surface area contributed by atoms with Crippen molar-refractivity contribution < 1.29 is 9.53 Å². The van der Waals surface area contributed by atoms with Crippen LogP contribution in [0.4, 0.5) is 5.82 Å². The molecule has 0 radical (unpaired) electrons. The minimum absolute atomic E-state index is 0.149. The number of nitrogens with one attached hydrogen (secondary N) is 1. The molecule has 0 unspecified atom stereocenters. The van der Waals surface area contributed by atoms with E-state index in [2.05, 4.69) is 15.4 Å². The first-order valence-corrected chi connectivity index (χ1v) is 10.5. The molecule has 2 heterocycles. The maximum absolute atomic E-state index is 12.7. The van der Waals surface area contributed by atoms with Gasteiger partial charge in [-0.15, -0.1) is 0 Å². The summed E-state index contributed by atoms with van der Waals surface area (Å²) >= 11 is 0. The van der Waals surface area contributed by atoms with Crippen molar-refractivity contribution in [3.63, 3.8) is 0 Å². The maximum atomic E-state index is 12.7. The first-order valence-electron chi connectivity index (χ1n) is 10.5. The fraction of sp³-hybridized carbons (Fsp3) is 0.250. The summed E-state index contributed by atoms with van der Waals surface area (Å²) in [5, 5.41) is 9.52. The monoisotopic (exact) mass is 430 g/mol. The van der Waals surface area contributed by atoms with Gasteiger partial charge in [0, 0.05) is 17.7 Å². The number of hydrogen-bond donors (Lipinski definition) is 2. The van der Waals surface area contributed by atoms with Gasteiger partial charge in [0.05, 0.1) is 43.9 Å². The largest absolute Gasteiger partial charge is 0.382 e. The molecule has 164 valence electrons. The van der Waals surface area contributed by atoms with Crippen LogP contribution in [0.15, 0.2) is 65.9 Å². The number of ether oxygens (including phenoxy) is 1. The van der Waals surface area contributed by atoms with Crippen molar-refractivity contribution in [1.82, 2.24) is 20.3 Å². The number of benzene rings is 2. The molecule has 3 aromatic rings. The van der Waals surface area contributed by atoms with Crippen LogP contribution in [0.25, 0.3) is 11.3 Å². The first-order chi connectivity index (χ1) is 15.6. The van der Waals surface area contributed by atoms with Crippen LogP contribution < -0.4 is 11.1 Å². The number of morpholine rings is 1. The molecule has 1 aliphatic heterocycles. The minimum Gasteiger partial charge on any atom is -0.382 e. The Balaban J connectivity index is 1.53. The second kappa shape index (κ2) is 10.0. The smallest absolute Gasteiger partial charge is 0.251 e. The highest BCUT2D eigenvalue weighted by Crippen LogP contribution is 2.20. The van der Waals surface area contributed by atoms with Crippen molar-refractivity contribution in [3.8, 4) is 11.3 Å². The minimum atomic E-state index is -0.149. The van der Waals surface area contributed by atoms with E-state index in [4.69, 9.17) is 15.5 Å². The summed E-state index contributed by atoms with van der Waals surface area (Å²) in [6, 6.07) is 17.1. The summed E-state index contributed by atoms with van der Waals surface area (Å²) in [4.78, 5) is 21.7. The molecule has 1 amide bonds. The molecule has 4 rings (SSSR count). The molecule has 0 aliphatic carbocycles. The third-order valence-corrected chi connectivity index (χ3v) is 5.14. The molecule has 2 aromatic carbocycles. The number of carbonyl (C=O) groups is 1. The summed E-state index contributed by atoms with van der Waals surface area (Å²) in [7, 11) is 0. The van der Waals surface area contributed by atoms with Crippen LogP contribution in [-0.4, -0.2) is 52.9 Å². The van der Waals surface area contributed by atoms with Gasteiger partial charge in [0.25, 0.3) is 5.91 Å². The van der Waals surface area contributed by atoms with Gasteiger partial charge in [0.15, 0.2) is 5.82 Å². The summed E-state index contributed by atoms with van der Waals surface area (Å²) in [6.45, 7) is 5.09. The van der Waals surface area contributed by atoms with Crippen molar-refractivity contribution in [2.75, 3.05) is 32.0 Å². The molecule has 8 nitrogen and oxygen atoms in total. The van der Waals surface area contributed by atoms with E-state index in [9.17, 15) is 4.79 Å². The molecule has 0 atom stereocenters. The SMILES string of the molecule is CC(=NN1CCOCC1)c1nc(-c2cccc(C(=O)NCc3ccccc3)c2)cnc1N. The van der Waals surface area contributed by atoms with Crippen LogP contribution in [0.1, 0.15) is 28.5 Å². The van der Waals surface area contributed by atoms with E-state index >= 15 is 0 Å². The Labute approximate surface area is 187 Å². The lowest BCUT2D eigenvalue weighted by Gasteiger charge is -2.24. The molecule has 1 saturated heterocycles. The van der Waals surface area contributed by atoms with Gasteiger partial charge in [-0.1, -0.05) is 42.5 Å². The number of nitrogens with zero attached hydrogens (tertiary/aromatic N) is 4. The van der Waals surface area contributed by atoms with Gasteiger partial charge in [-0.25, -0.2) is 9.97 Å². The molecule has 3 N–H and O–H groups in total. The van der Waals surface area contributed by atoms with E-state index < -0.39 is 0 Å². The fourth-order valence-corrected chi connectivity index (χ4v) is 3.42. The van der Waals surface area contributed by atoms with E-state index in [-0.39, 0.29) is 5.91 Å². The summed E-state index contributed by atoms with van der Waals surface area (Å²) in [5.41, 5.74) is 10.3. The number of anilines is 1. The molecule has 0 saturated carbocycles. The lowest BCUT2D eigenvalue weighted by molar-refractivity contribution is 0.0393. The summed E-state index contributed by atoms with van der Waals surface area (Å²) < 4.78 is 5.36. The topological polar surface area (TPSA) is 106 Å². The predicted octanol–water partition coefficient (Wildman–Crippen LogP) is 2.71. The van der Waals surface area contributed by atoms with Gasteiger partial charge in [0.1, 0.15) is 5.69 Å². The molecule has 1 aliphatic rings. The Kier molecular flexibility index (Phi) is 6.72. The molecule has 32 heavy (non-hydrogen) atoms. The average molecular weight is 431 g/mol. The number of nitrogens with two attached hydrogens (primary N) is 1. The van der Waals surface area contributed by atoms with E-state index in [0.29, 0.717) is 48.2 Å². The Morgan fingerprint density at radius 2 is 1.94 bits per heavy atom. The maximum Gasteiger partial charge on any atom is 0.251 e. The van der Waals surface area contributed by atoms with Crippen molar-refractivity contribution in [1.29, 1.82) is 0 Å². The van der Waals surface area contributed by atoms with E-state index in [1.165, 1.54) is 0 Å². The zero-order valence-corrected chi connectivity index (χ0v) is 18.0. The second-order valence-electron chi connectivity index (χ2n) is 7.49. The number of hydrazone groups is 1. The lowest BCUT2D eigenvalue weighted by atomic mass is 10.1. The number of nitrogen functional groups attached to an aromatic ring is 1. The van der Waals surface area contributed by atoms with Gasteiger partial charge < -0.3 is 15.8 Å². The quantitative estimate of drug-likeness (QED) is 0.583. The highest BCUT2D eigenvalue weighted by molar-refractivity contribution is 6.01. The third-order valence-electron chi connectivity index (χ3n) is 5.14. The van der Waals surface area contributed by atoms with Crippen molar-refractivity contribution in [2.24, 2.45) is 5.10 Å². The number of rotatable bonds is 6. The second-order valence-corrected chi connectivity index (χ2v) is 7.49. The Morgan fingerprint density at radius 3 is 2.72 bits per heavy atom. The number of carbonyl (C=O) groups excluding carboxylic acids is 1. The zero-order chi connectivity index (χ0) is 22.3. The Bertz CT molecular complexity index is 1110. The highest BCUT2D eigenvalue weighted by Gasteiger charge is 2.14. The van der Waals surface area contributed by atoms with Gasteiger partial charge in [-0.05, 0) is 24.6 Å². The molecule has 8 heteroatoms. The fourth-order valence-electron chi connectivity index (χ4n) is 3.42. The predicted molar refractivity (Wildman–Crippen MR) is 124 cm³/mol. The van der Waals surface area contributed by atoms with Crippen LogP contribution in [0.3, 0.4) is 0 Å². The number of amides is 1. The lowest BCUT2D eigenvalue weighted by Crippen LogP contribution is -2.33. The van der Waals surface area contributed by atoms with Crippen LogP contribution in [-0.2, 0) is 11.3 Å². The van der Waals surface area contributed by atoms with Crippen molar-refractivity contribution in [2.45, 2.75) is 13.5 Å². The number of hydrogen-bond acceptors (Lipinski definition) is 7. The molecule has 0 bridgehead atoms. The highest BCUT2D eigenvalue weighted by atomic mass is 16.5. The molecule has 0 spiro atoms. The Hall–Kier alpha value is -3.78. The molecular formula is C24H26N6O2. The molecular weight excluding hydrogens is 404 g/mol. The third kappa shape index (κ3) is 5.28.